The van der Waals surface area contributed by atoms with Crippen LogP contribution in [0.5, 0.6) is 5.75 Å². The molecule has 0 aliphatic carbocycles. The Bertz CT molecular complexity index is 604. The van der Waals surface area contributed by atoms with Crippen molar-refractivity contribution >= 4 is 17.3 Å². The second-order valence-electron chi connectivity index (χ2n) is 4.76. The van der Waals surface area contributed by atoms with Crippen LogP contribution in [-0.2, 0) is 0 Å². The molecule has 2 aromatic carbocycles. The molecule has 0 radical (unpaired) electrons. The number of hydrazine groups is 1. The predicted molar refractivity (Wildman–Crippen MR) is 87.3 cm³/mol. The molecule has 2 rings (SSSR count). The van der Waals surface area contributed by atoms with Crippen molar-refractivity contribution in [1.29, 1.82) is 0 Å². The molecule has 21 heavy (non-hydrogen) atoms. The Morgan fingerprint density at radius 2 is 1.95 bits per heavy atom. The maximum atomic E-state index is 6.06. The number of nitrogens with two attached hydrogens (primary N) is 2. The van der Waals surface area contributed by atoms with Crippen LogP contribution in [0.1, 0.15) is 30.5 Å². The maximum absolute atomic E-state index is 6.06. The largest absolute Gasteiger partial charge is 0.493 e. The minimum atomic E-state index is -0.254. The molecule has 0 saturated carbocycles. The number of rotatable bonds is 6. The lowest BCUT2D eigenvalue weighted by atomic mass is 9.97. The molecule has 5 N–H and O–H groups in total. The summed E-state index contributed by atoms with van der Waals surface area (Å²) in [7, 11) is 0. The number of para-hydroxylation sites is 1. The highest BCUT2D eigenvalue weighted by atomic mass is 35.5. The van der Waals surface area contributed by atoms with Gasteiger partial charge in [0.15, 0.2) is 0 Å². The first-order chi connectivity index (χ1) is 10.2. The number of nitrogens with one attached hydrogen (secondary N) is 1. The first kappa shape index (κ1) is 15.6. The van der Waals surface area contributed by atoms with Gasteiger partial charge in [0.1, 0.15) is 5.75 Å². The molecule has 5 heteroatoms. The minimum absolute atomic E-state index is 0.254. The standard InChI is InChI=1S/C16H20ClN3O/c1-2-9-21-15-6-4-3-5-13(15)16(20-19)12-8-7-11(17)10-14(12)18/h3-8,10,16,20H,2,9,18-19H2,1H3. The number of ether oxygens (including phenoxy) is 1. The van der Waals surface area contributed by atoms with E-state index in [9.17, 15) is 0 Å². The van der Waals surface area contributed by atoms with E-state index in [0.29, 0.717) is 17.3 Å². The summed E-state index contributed by atoms with van der Waals surface area (Å²) in [5.41, 5.74) is 11.3. The topological polar surface area (TPSA) is 73.3 Å². The fraction of sp³-hybridized carbons (Fsp3) is 0.250. The highest BCUT2D eigenvalue weighted by molar-refractivity contribution is 6.30. The minimum Gasteiger partial charge on any atom is -0.493 e. The Hall–Kier alpha value is -1.75. The van der Waals surface area contributed by atoms with E-state index in [2.05, 4.69) is 12.3 Å². The van der Waals surface area contributed by atoms with Crippen LogP contribution in [0.4, 0.5) is 5.69 Å². The number of benzene rings is 2. The van der Waals surface area contributed by atoms with Crippen molar-refractivity contribution in [3.8, 4) is 5.75 Å². The van der Waals surface area contributed by atoms with Crippen molar-refractivity contribution in [1.82, 2.24) is 5.43 Å². The summed E-state index contributed by atoms with van der Waals surface area (Å²) in [5, 5.41) is 0.600. The van der Waals surface area contributed by atoms with Gasteiger partial charge in [-0.05, 0) is 30.2 Å². The Balaban J connectivity index is 2.41. The average molecular weight is 306 g/mol. The first-order valence-corrected chi connectivity index (χ1v) is 7.28. The zero-order valence-corrected chi connectivity index (χ0v) is 12.7. The van der Waals surface area contributed by atoms with Crippen LogP contribution in [-0.4, -0.2) is 6.61 Å². The quantitative estimate of drug-likeness (QED) is 0.435. The van der Waals surface area contributed by atoms with Gasteiger partial charge in [-0.25, -0.2) is 5.43 Å². The summed E-state index contributed by atoms with van der Waals surface area (Å²) >= 11 is 5.95. The lowest BCUT2D eigenvalue weighted by Crippen LogP contribution is -2.29. The van der Waals surface area contributed by atoms with Crippen LogP contribution in [0.2, 0.25) is 5.02 Å². The molecular weight excluding hydrogens is 286 g/mol. The molecule has 0 heterocycles. The van der Waals surface area contributed by atoms with E-state index >= 15 is 0 Å². The molecule has 1 atom stereocenters. The SMILES string of the molecule is CCCOc1ccccc1C(NN)c1ccc(Cl)cc1N. The molecule has 0 saturated heterocycles. The lowest BCUT2D eigenvalue weighted by molar-refractivity contribution is 0.312. The highest BCUT2D eigenvalue weighted by Crippen LogP contribution is 2.33. The zero-order valence-electron chi connectivity index (χ0n) is 12.0. The monoisotopic (exact) mass is 305 g/mol. The number of hydrogen-bond acceptors (Lipinski definition) is 4. The number of hydrogen-bond donors (Lipinski definition) is 3. The number of anilines is 1. The van der Waals surface area contributed by atoms with Gasteiger partial charge in [0.2, 0.25) is 0 Å². The highest BCUT2D eigenvalue weighted by Gasteiger charge is 2.19. The van der Waals surface area contributed by atoms with E-state index in [-0.39, 0.29) is 6.04 Å². The summed E-state index contributed by atoms with van der Waals surface area (Å²) in [6.45, 7) is 2.73. The first-order valence-electron chi connectivity index (χ1n) is 6.90. The van der Waals surface area contributed by atoms with Crippen LogP contribution in [0.3, 0.4) is 0 Å². The van der Waals surface area contributed by atoms with E-state index < -0.39 is 0 Å². The van der Waals surface area contributed by atoms with Crippen LogP contribution < -0.4 is 21.7 Å². The molecule has 2 aromatic rings. The van der Waals surface area contributed by atoms with Gasteiger partial charge in [-0.15, -0.1) is 0 Å². The van der Waals surface area contributed by atoms with E-state index in [4.69, 9.17) is 27.9 Å². The zero-order chi connectivity index (χ0) is 15.2. The summed E-state index contributed by atoms with van der Waals surface area (Å²) < 4.78 is 5.79. The second-order valence-corrected chi connectivity index (χ2v) is 5.20. The molecule has 112 valence electrons. The molecule has 0 spiro atoms. The van der Waals surface area contributed by atoms with Crippen LogP contribution >= 0.6 is 11.6 Å². The van der Waals surface area contributed by atoms with Gasteiger partial charge in [0.25, 0.3) is 0 Å². The smallest absolute Gasteiger partial charge is 0.124 e. The lowest BCUT2D eigenvalue weighted by Gasteiger charge is -2.21. The average Bonchev–Trinajstić information content (AvgIpc) is 2.49. The van der Waals surface area contributed by atoms with E-state index in [1.807, 2.05) is 30.3 Å². The third-order valence-electron chi connectivity index (χ3n) is 3.22. The third kappa shape index (κ3) is 3.67. The van der Waals surface area contributed by atoms with E-state index in [1.54, 1.807) is 12.1 Å². The fourth-order valence-corrected chi connectivity index (χ4v) is 2.40. The molecular formula is C16H20ClN3O. The predicted octanol–water partition coefficient (Wildman–Crippen LogP) is 3.26. The summed E-state index contributed by atoms with van der Waals surface area (Å²) in [4.78, 5) is 0. The van der Waals surface area contributed by atoms with Crippen molar-refractivity contribution in [2.24, 2.45) is 5.84 Å². The van der Waals surface area contributed by atoms with Crippen LogP contribution in [0.15, 0.2) is 42.5 Å². The molecule has 0 aromatic heterocycles. The van der Waals surface area contributed by atoms with Gasteiger partial charge in [-0.2, -0.15) is 0 Å². The van der Waals surface area contributed by atoms with Gasteiger partial charge in [-0.3, -0.25) is 5.84 Å². The maximum Gasteiger partial charge on any atom is 0.124 e. The van der Waals surface area contributed by atoms with Crippen molar-refractivity contribution in [2.75, 3.05) is 12.3 Å². The third-order valence-corrected chi connectivity index (χ3v) is 3.45. The van der Waals surface area contributed by atoms with Crippen molar-refractivity contribution in [3.05, 3.63) is 58.6 Å². The van der Waals surface area contributed by atoms with Crippen molar-refractivity contribution in [3.63, 3.8) is 0 Å². The van der Waals surface area contributed by atoms with Gasteiger partial charge >= 0.3 is 0 Å². The van der Waals surface area contributed by atoms with Crippen LogP contribution in [0, 0.1) is 0 Å². The second kappa shape index (κ2) is 7.31. The fourth-order valence-electron chi connectivity index (χ4n) is 2.22. The van der Waals surface area contributed by atoms with Crippen molar-refractivity contribution in [2.45, 2.75) is 19.4 Å². The molecule has 0 aliphatic heterocycles. The van der Waals surface area contributed by atoms with Crippen LogP contribution in [0.25, 0.3) is 0 Å². The molecule has 0 fully saturated rings. The van der Waals surface area contributed by atoms with E-state index in [1.165, 1.54) is 0 Å². The summed E-state index contributed by atoms with van der Waals surface area (Å²) in [6.07, 6.45) is 0.943. The van der Waals surface area contributed by atoms with Gasteiger partial charge in [-0.1, -0.05) is 42.8 Å². The summed E-state index contributed by atoms with van der Waals surface area (Å²) in [5.74, 6) is 6.55. The Morgan fingerprint density at radius 3 is 2.62 bits per heavy atom. The van der Waals surface area contributed by atoms with Gasteiger partial charge < -0.3 is 10.5 Å². The molecule has 0 aliphatic rings. The number of halogens is 1. The van der Waals surface area contributed by atoms with Crippen molar-refractivity contribution < 1.29 is 4.74 Å². The normalized spacial score (nSPS) is 12.1. The Morgan fingerprint density at radius 1 is 1.19 bits per heavy atom. The number of nitrogen functional groups attached to an aromatic ring is 1. The Labute approximate surface area is 130 Å². The molecule has 0 bridgehead atoms. The van der Waals surface area contributed by atoms with Gasteiger partial charge in [0, 0.05) is 16.3 Å². The summed E-state index contributed by atoms with van der Waals surface area (Å²) in [6, 6.07) is 12.9. The molecule has 1 unspecified atom stereocenters. The molecule has 4 nitrogen and oxygen atoms in total. The van der Waals surface area contributed by atoms with Gasteiger partial charge in [0.05, 0.1) is 12.6 Å². The van der Waals surface area contributed by atoms with E-state index in [0.717, 1.165) is 23.3 Å². The Kier molecular flexibility index (Phi) is 5.44. The molecule has 0 amide bonds.